The molecule has 0 aromatic heterocycles. The van der Waals surface area contributed by atoms with E-state index in [-0.39, 0.29) is 11.9 Å². The van der Waals surface area contributed by atoms with Gasteiger partial charge in [0.25, 0.3) is 0 Å². The van der Waals surface area contributed by atoms with Crippen LogP contribution in [0.15, 0.2) is 12.1 Å². The predicted molar refractivity (Wildman–Crippen MR) is 95.7 cm³/mol. The lowest BCUT2D eigenvalue weighted by Gasteiger charge is -2.23. The SMILES string of the molecule is COc1cc(C)c(C(C)NC(=O)CCC2CCNCC2)cc1OC. The minimum atomic E-state index is -0.0506. The van der Waals surface area contributed by atoms with Gasteiger partial charge in [-0.15, -0.1) is 0 Å². The summed E-state index contributed by atoms with van der Waals surface area (Å²) in [5.41, 5.74) is 2.14. The number of benzene rings is 1. The number of hydrogen-bond acceptors (Lipinski definition) is 4. The van der Waals surface area contributed by atoms with Crippen LogP contribution in [0, 0.1) is 12.8 Å². The number of aryl methyl sites for hydroxylation is 1. The number of piperidine rings is 1. The van der Waals surface area contributed by atoms with Gasteiger partial charge in [0.1, 0.15) is 0 Å². The van der Waals surface area contributed by atoms with Gasteiger partial charge in [0.2, 0.25) is 5.91 Å². The van der Waals surface area contributed by atoms with E-state index < -0.39 is 0 Å². The Labute approximate surface area is 145 Å². The van der Waals surface area contributed by atoms with Crippen molar-refractivity contribution in [1.29, 1.82) is 0 Å². The molecule has 2 rings (SSSR count). The molecule has 5 nitrogen and oxygen atoms in total. The minimum Gasteiger partial charge on any atom is -0.493 e. The molecule has 0 saturated carbocycles. The van der Waals surface area contributed by atoms with Gasteiger partial charge in [-0.1, -0.05) is 0 Å². The zero-order chi connectivity index (χ0) is 17.5. The number of ether oxygens (including phenoxy) is 2. The molecule has 0 aliphatic carbocycles. The Morgan fingerprint density at radius 1 is 1.25 bits per heavy atom. The Balaban J connectivity index is 1.93. The van der Waals surface area contributed by atoms with Crippen LogP contribution in [0.5, 0.6) is 11.5 Å². The van der Waals surface area contributed by atoms with Gasteiger partial charge in [0, 0.05) is 6.42 Å². The van der Waals surface area contributed by atoms with E-state index in [1.54, 1.807) is 14.2 Å². The number of nitrogens with one attached hydrogen (secondary N) is 2. The Morgan fingerprint density at radius 3 is 2.50 bits per heavy atom. The van der Waals surface area contributed by atoms with E-state index in [1.807, 2.05) is 26.0 Å². The Hall–Kier alpha value is -1.75. The quantitative estimate of drug-likeness (QED) is 0.805. The maximum absolute atomic E-state index is 12.3. The van der Waals surface area contributed by atoms with Crippen LogP contribution in [-0.4, -0.2) is 33.2 Å². The van der Waals surface area contributed by atoms with E-state index in [2.05, 4.69) is 10.6 Å². The first-order valence-corrected chi connectivity index (χ1v) is 8.77. The average molecular weight is 334 g/mol. The van der Waals surface area contributed by atoms with Gasteiger partial charge in [-0.2, -0.15) is 0 Å². The molecule has 1 heterocycles. The van der Waals surface area contributed by atoms with Crippen molar-refractivity contribution in [3.8, 4) is 11.5 Å². The Kier molecular flexibility index (Phi) is 6.91. The lowest BCUT2D eigenvalue weighted by atomic mass is 9.93. The lowest BCUT2D eigenvalue weighted by Crippen LogP contribution is -2.30. The first kappa shape index (κ1) is 18.6. The molecule has 2 N–H and O–H groups in total. The molecule has 24 heavy (non-hydrogen) atoms. The third kappa shape index (κ3) is 4.87. The molecule has 1 aromatic rings. The largest absolute Gasteiger partial charge is 0.493 e. The molecule has 1 aliphatic heterocycles. The summed E-state index contributed by atoms with van der Waals surface area (Å²) < 4.78 is 10.7. The number of carbonyl (C=O) groups is 1. The second kappa shape index (κ2) is 8.92. The van der Waals surface area contributed by atoms with Crippen molar-refractivity contribution in [2.24, 2.45) is 5.92 Å². The Bertz CT molecular complexity index is 554. The fourth-order valence-electron chi connectivity index (χ4n) is 3.36. The maximum Gasteiger partial charge on any atom is 0.220 e. The minimum absolute atomic E-state index is 0.0506. The van der Waals surface area contributed by atoms with Crippen LogP contribution >= 0.6 is 0 Å². The second-order valence-electron chi connectivity index (χ2n) is 6.59. The molecule has 134 valence electrons. The molecule has 0 bridgehead atoms. The molecule has 1 amide bonds. The van der Waals surface area contributed by atoms with Crippen LogP contribution in [0.2, 0.25) is 0 Å². The van der Waals surface area contributed by atoms with E-state index in [1.165, 1.54) is 12.8 Å². The molecule has 1 unspecified atom stereocenters. The van der Waals surface area contributed by atoms with Crippen molar-refractivity contribution in [2.75, 3.05) is 27.3 Å². The van der Waals surface area contributed by atoms with Crippen molar-refractivity contribution in [3.63, 3.8) is 0 Å². The molecular formula is C19H30N2O3. The van der Waals surface area contributed by atoms with Crippen molar-refractivity contribution in [3.05, 3.63) is 23.3 Å². The van der Waals surface area contributed by atoms with Gasteiger partial charge in [0.15, 0.2) is 11.5 Å². The smallest absolute Gasteiger partial charge is 0.220 e. The zero-order valence-corrected chi connectivity index (χ0v) is 15.3. The molecule has 0 radical (unpaired) electrons. The molecular weight excluding hydrogens is 304 g/mol. The monoisotopic (exact) mass is 334 g/mol. The summed E-state index contributed by atoms with van der Waals surface area (Å²) in [7, 11) is 3.25. The van der Waals surface area contributed by atoms with Gasteiger partial charge in [-0.05, 0) is 75.4 Å². The van der Waals surface area contributed by atoms with E-state index in [0.29, 0.717) is 23.8 Å². The van der Waals surface area contributed by atoms with Crippen LogP contribution in [-0.2, 0) is 4.79 Å². The van der Waals surface area contributed by atoms with Gasteiger partial charge < -0.3 is 20.1 Å². The third-order valence-corrected chi connectivity index (χ3v) is 4.85. The van der Waals surface area contributed by atoms with Crippen LogP contribution in [0.4, 0.5) is 0 Å². The second-order valence-corrected chi connectivity index (χ2v) is 6.59. The third-order valence-electron chi connectivity index (χ3n) is 4.85. The normalized spacial score (nSPS) is 16.5. The number of amides is 1. The van der Waals surface area contributed by atoms with Crippen LogP contribution in [0.1, 0.15) is 49.8 Å². The summed E-state index contributed by atoms with van der Waals surface area (Å²) in [6.45, 7) is 6.19. The summed E-state index contributed by atoms with van der Waals surface area (Å²) >= 11 is 0. The highest BCUT2D eigenvalue weighted by Gasteiger charge is 2.18. The summed E-state index contributed by atoms with van der Waals surface area (Å²) in [4.78, 5) is 12.3. The van der Waals surface area contributed by atoms with Crippen LogP contribution in [0.3, 0.4) is 0 Å². The van der Waals surface area contributed by atoms with E-state index in [9.17, 15) is 4.79 Å². The van der Waals surface area contributed by atoms with Gasteiger partial charge >= 0.3 is 0 Å². The zero-order valence-electron chi connectivity index (χ0n) is 15.3. The molecule has 1 saturated heterocycles. The highest BCUT2D eigenvalue weighted by atomic mass is 16.5. The fraction of sp³-hybridized carbons (Fsp3) is 0.632. The summed E-state index contributed by atoms with van der Waals surface area (Å²) in [5, 5.41) is 6.47. The summed E-state index contributed by atoms with van der Waals surface area (Å²) in [6, 6.07) is 3.85. The van der Waals surface area contributed by atoms with Crippen molar-refractivity contribution < 1.29 is 14.3 Å². The lowest BCUT2D eigenvalue weighted by molar-refractivity contribution is -0.122. The molecule has 1 fully saturated rings. The van der Waals surface area contributed by atoms with Gasteiger partial charge in [-0.3, -0.25) is 4.79 Å². The topological polar surface area (TPSA) is 59.6 Å². The highest BCUT2D eigenvalue weighted by molar-refractivity contribution is 5.76. The van der Waals surface area contributed by atoms with Crippen molar-refractivity contribution >= 4 is 5.91 Å². The first-order valence-electron chi connectivity index (χ1n) is 8.77. The van der Waals surface area contributed by atoms with Crippen molar-refractivity contribution in [2.45, 2.75) is 45.6 Å². The summed E-state index contributed by atoms with van der Waals surface area (Å²) in [6.07, 6.45) is 3.93. The molecule has 1 aliphatic rings. The maximum atomic E-state index is 12.3. The number of carbonyl (C=O) groups excluding carboxylic acids is 1. The molecule has 1 atom stereocenters. The Morgan fingerprint density at radius 2 is 1.88 bits per heavy atom. The number of hydrogen-bond donors (Lipinski definition) is 2. The first-order chi connectivity index (χ1) is 11.5. The fourth-order valence-corrected chi connectivity index (χ4v) is 3.36. The predicted octanol–water partition coefficient (Wildman–Crippen LogP) is 2.97. The van der Waals surface area contributed by atoms with Crippen molar-refractivity contribution in [1.82, 2.24) is 10.6 Å². The summed E-state index contributed by atoms with van der Waals surface area (Å²) in [5.74, 6) is 2.20. The molecule has 0 spiro atoms. The number of rotatable bonds is 7. The number of methoxy groups -OCH3 is 2. The highest BCUT2D eigenvalue weighted by Crippen LogP contribution is 2.32. The standard InChI is InChI=1S/C19H30N2O3/c1-13-11-17(23-3)18(24-4)12-16(13)14(2)21-19(22)6-5-15-7-9-20-10-8-15/h11-12,14-15,20H,5-10H2,1-4H3,(H,21,22). The average Bonchev–Trinajstić information content (AvgIpc) is 2.60. The molecule has 1 aromatic carbocycles. The van der Waals surface area contributed by atoms with Crippen LogP contribution < -0.4 is 20.1 Å². The van der Waals surface area contributed by atoms with Crippen LogP contribution in [0.25, 0.3) is 0 Å². The van der Waals surface area contributed by atoms with Gasteiger partial charge in [0.05, 0.1) is 20.3 Å². The molecule has 5 heteroatoms. The van der Waals surface area contributed by atoms with E-state index in [0.717, 1.165) is 30.6 Å². The van der Waals surface area contributed by atoms with E-state index >= 15 is 0 Å². The van der Waals surface area contributed by atoms with Gasteiger partial charge in [-0.25, -0.2) is 0 Å². The van der Waals surface area contributed by atoms with E-state index in [4.69, 9.17) is 9.47 Å².